The molecular formula is C20H15F3N4O. The van der Waals surface area contributed by atoms with Gasteiger partial charge in [0.2, 0.25) is 0 Å². The zero-order valence-electron chi connectivity index (χ0n) is 14.4. The summed E-state index contributed by atoms with van der Waals surface area (Å²) in [5.74, 6) is -2.00. The van der Waals surface area contributed by atoms with Crippen LogP contribution in [0.25, 0.3) is 21.8 Å². The van der Waals surface area contributed by atoms with Crippen molar-refractivity contribution in [2.24, 2.45) is 0 Å². The fraction of sp³-hybridized carbons (Fsp3) is 0.0500. The maximum Gasteiger partial charge on any atom is 0.471 e. The summed E-state index contributed by atoms with van der Waals surface area (Å²) in [6.45, 7) is 0. The van der Waals surface area contributed by atoms with Gasteiger partial charge in [-0.1, -0.05) is 36.4 Å². The third kappa shape index (κ3) is 4.35. The molecule has 2 aromatic heterocycles. The van der Waals surface area contributed by atoms with Crippen molar-refractivity contribution in [1.82, 2.24) is 9.97 Å². The molecule has 0 saturated carbocycles. The van der Waals surface area contributed by atoms with Gasteiger partial charge in [0.05, 0.1) is 22.4 Å². The molecule has 0 radical (unpaired) electrons. The summed E-state index contributed by atoms with van der Waals surface area (Å²) in [7, 11) is 0. The molecule has 4 rings (SSSR count). The van der Waals surface area contributed by atoms with Crippen LogP contribution in [0, 0.1) is 0 Å². The Balaban J connectivity index is 0.000000176. The van der Waals surface area contributed by atoms with E-state index in [2.05, 4.69) is 9.97 Å². The van der Waals surface area contributed by atoms with Crippen LogP contribution in [0.2, 0.25) is 0 Å². The first-order valence-electron chi connectivity index (χ1n) is 8.17. The number of fused-ring (bicyclic) bond motifs is 2. The van der Waals surface area contributed by atoms with E-state index in [1.165, 1.54) is 12.3 Å². The number of pyridine rings is 2. The van der Waals surface area contributed by atoms with Gasteiger partial charge >= 0.3 is 12.1 Å². The van der Waals surface area contributed by atoms with Gasteiger partial charge in [-0.05, 0) is 24.3 Å². The number of carbonyl (C=O) groups is 1. The van der Waals surface area contributed by atoms with Gasteiger partial charge < -0.3 is 11.1 Å². The smallest absolute Gasteiger partial charge is 0.397 e. The highest BCUT2D eigenvalue weighted by molar-refractivity contribution is 6.02. The first-order valence-corrected chi connectivity index (χ1v) is 8.17. The topological polar surface area (TPSA) is 80.9 Å². The predicted octanol–water partition coefficient (Wildman–Crippen LogP) is 4.55. The molecule has 0 unspecified atom stereocenters. The van der Waals surface area contributed by atoms with Gasteiger partial charge in [0.1, 0.15) is 0 Å². The standard InChI is InChI=1S/C11H7F3N2O.C9H8N2/c12-11(13,14)10(17)16-8-5-1-3-7-4-2-6-15-9(7)8;10-8-5-1-3-7-4-2-6-11-9(7)8/h1-6H,(H,16,17);1-6H,10H2. The molecular weight excluding hydrogens is 369 g/mol. The molecule has 0 saturated heterocycles. The lowest BCUT2D eigenvalue weighted by molar-refractivity contribution is -0.167. The van der Waals surface area contributed by atoms with Crippen LogP contribution in [0.3, 0.4) is 0 Å². The van der Waals surface area contributed by atoms with Crippen LogP contribution >= 0.6 is 0 Å². The number of hydrogen-bond acceptors (Lipinski definition) is 4. The van der Waals surface area contributed by atoms with E-state index < -0.39 is 12.1 Å². The van der Waals surface area contributed by atoms with E-state index in [-0.39, 0.29) is 5.69 Å². The van der Waals surface area contributed by atoms with E-state index in [0.29, 0.717) is 10.9 Å². The normalized spacial score (nSPS) is 11.0. The van der Waals surface area contributed by atoms with E-state index >= 15 is 0 Å². The van der Waals surface area contributed by atoms with Gasteiger partial charge in [0, 0.05) is 23.2 Å². The number of carbonyl (C=O) groups excluding carboxylic acids is 1. The molecule has 0 aliphatic rings. The molecule has 1 amide bonds. The van der Waals surface area contributed by atoms with Gasteiger partial charge in [0.15, 0.2) is 0 Å². The Kier molecular flexibility index (Phi) is 5.39. The van der Waals surface area contributed by atoms with Crippen LogP contribution in [-0.4, -0.2) is 22.1 Å². The molecule has 4 aromatic rings. The molecule has 5 nitrogen and oxygen atoms in total. The van der Waals surface area contributed by atoms with Crippen LogP contribution in [0.1, 0.15) is 0 Å². The lowest BCUT2D eigenvalue weighted by Gasteiger charge is -2.09. The number of nitrogens with zero attached hydrogens (tertiary/aromatic N) is 2. The van der Waals surface area contributed by atoms with Gasteiger partial charge in [-0.15, -0.1) is 0 Å². The quantitative estimate of drug-likeness (QED) is 0.472. The number of hydrogen-bond donors (Lipinski definition) is 2. The van der Waals surface area contributed by atoms with Crippen LogP contribution in [0.4, 0.5) is 24.5 Å². The molecule has 2 heterocycles. The number of alkyl halides is 3. The monoisotopic (exact) mass is 384 g/mol. The highest BCUT2D eigenvalue weighted by Gasteiger charge is 2.38. The number of nitrogens with one attached hydrogen (secondary N) is 1. The zero-order chi connectivity index (χ0) is 20.1. The molecule has 2 aromatic carbocycles. The van der Waals surface area contributed by atoms with E-state index in [4.69, 9.17) is 5.73 Å². The molecule has 0 aliphatic heterocycles. The predicted molar refractivity (Wildman–Crippen MR) is 103 cm³/mol. The number of halogens is 3. The summed E-state index contributed by atoms with van der Waals surface area (Å²) in [6.07, 6.45) is -1.71. The minimum atomic E-state index is -4.91. The van der Waals surface area contributed by atoms with Crippen molar-refractivity contribution >= 4 is 39.1 Å². The number of aromatic nitrogens is 2. The largest absolute Gasteiger partial charge is 0.471 e. The van der Waals surface area contributed by atoms with Crippen molar-refractivity contribution in [3.63, 3.8) is 0 Å². The first-order chi connectivity index (χ1) is 13.4. The molecule has 0 spiro atoms. The molecule has 3 N–H and O–H groups in total. The van der Waals surface area contributed by atoms with Crippen LogP contribution < -0.4 is 11.1 Å². The van der Waals surface area contributed by atoms with Crippen molar-refractivity contribution in [2.45, 2.75) is 6.18 Å². The number of rotatable bonds is 1. The summed E-state index contributed by atoms with van der Waals surface area (Å²) in [5, 5.41) is 3.55. The molecule has 28 heavy (non-hydrogen) atoms. The number of benzene rings is 2. The molecule has 0 fully saturated rings. The molecule has 8 heteroatoms. The van der Waals surface area contributed by atoms with Crippen molar-refractivity contribution < 1.29 is 18.0 Å². The van der Waals surface area contributed by atoms with Crippen molar-refractivity contribution in [2.75, 3.05) is 11.1 Å². The summed E-state index contributed by atoms with van der Waals surface area (Å²) in [4.78, 5) is 18.9. The second kappa shape index (κ2) is 7.91. The fourth-order valence-corrected chi connectivity index (χ4v) is 2.53. The number of para-hydroxylation sites is 2. The number of amides is 1. The van der Waals surface area contributed by atoms with Gasteiger partial charge in [-0.3, -0.25) is 14.8 Å². The molecule has 0 atom stereocenters. The Morgan fingerprint density at radius 1 is 0.821 bits per heavy atom. The number of nitrogen functional groups attached to an aromatic ring is 1. The Morgan fingerprint density at radius 3 is 1.96 bits per heavy atom. The third-order valence-corrected chi connectivity index (χ3v) is 3.80. The first kappa shape index (κ1) is 19.1. The Bertz CT molecular complexity index is 1120. The SMILES string of the molecule is Nc1cccc2cccnc12.O=C(Nc1cccc2cccnc12)C(F)(F)F. The van der Waals surface area contributed by atoms with E-state index in [0.717, 1.165) is 16.6 Å². The van der Waals surface area contributed by atoms with Gasteiger partial charge in [-0.25, -0.2) is 0 Å². The highest BCUT2D eigenvalue weighted by atomic mass is 19.4. The second-order valence-corrected chi connectivity index (χ2v) is 5.75. The molecule has 0 bridgehead atoms. The van der Waals surface area contributed by atoms with E-state index in [1.807, 2.05) is 30.3 Å². The molecule has 0 aliphatic carbocycles. The lowest BCUT2D eigenvalue weighted by atomic mass is 10.2. The summed E-state index contributed by atoms with van der Waals surface area (Å²) < 4.78 is 36.3. The maximum atomic E-state index is 12.1. The van der Waals surface area contributed by atoms with E-state index in [9.17, 15) is 18.0 Å². The van der Waals surface area contributed by atoms with Crippen molar-refractivity contribution in [3.05, 3.63) is 73.1 Å². The molecule has 142 valence electrons. The average Bonchev–Trinajstić information content (AvgIpc) is 2.68. The van der Waals surface area contributed by atoms with Gasteiger partial charge in [-0.2, -0.15) is 13.2 Å². The Morgan fingerprint density at radius 2 is 1.36 bits per heavy atom. The minimum absolute atomic E-state index is 0.0467. The third-order valence-electron chi connectivity index (χ3n) is 3.80. The second-order valence-electron chi connectivity index (χ2n) is 5.75. The highest BCUT2D eigenvalue weighted by Crippen LogP contribution is 2.23. The number of anilines is 2. The number of nitrogens with two attached hydrogens (primary N) is 1. The fourth-order valence-electron chi connectivity index (χ4n) is 2.53. The minimum Gasteiger partial charge on any atom is -0.397 e. The van der Waals surface area contributed by atoms with Crippen LogP contribution in [0.5, 0.6) is 0 Å². The summed E-state index contributed by atoms with van der Waals surface area (Å²) in [6, 6.07) is 17.7. The Labute approximate surface area is 158 Å². The zero-order valence-corrected chi connectivity index (χ0v) is 14.4. The summed E-state index contributed by atoms with van der Waals surface area (Å²) in [5.41, 5.74) is 7.69. The maximum absolute atomic E-state index is 12.1. The Hall–Kier alpha value is -3.68. The van der Waals surface area contributed by atoms with Crippen molar-refractivity contribution in [1.29, 1.82) is 0 Å². The van der Waals surface area contributed by atoms with E-state index in [1.54, 1.807) is 35.8 Å². The van der Waals surface area contributed by atoms with Crippen molar-refractivity contribution in [3.8, 4) is 0 Å². The van der Waals surface area contributed by atoms with Gasteiger partial charge in [0.25, 0.3) is 0 Å². The van der Waals surface area contributed by atoms with Crippen LogP contribution in [0.15, 0.2) is 73.1 Å². The lowest BCUT2D eigenvalue weighted by Crippen LogP contribution is -2.30. The average molecular weight is 384 g/mol. The summed E-state index contributed by atoms with van der Waals surface area (Å²) >= 11 is 0. The van der Waals surface area contributed by atoms with Crippen LogP contribution in [-0.2, 0) is 4.79 Å².